The minimum atomic E-state index is -1.21. The topological polar surface area (TPSA) is 37.3 Å². The summed E-state index contributed by atoms with van der Waals surface area (Å²) in [5.41, 5.74) is -0.115. The molecule has 1 rings (SSSR count). The zero-order chi connectivity index (χ0) is 14.3. The summed E-state index contributed by atoms with van der Waals surface area (Å²) in [6.07, 6.45) is 5.21. The standard InChI is InChI=1S/C16H23FO2/c1-3-4-5-6-11-16(2,17)12-13-7-9-14(10-8-13)15(18)19/h7-10H,3-6,11-12H2,1-2H3,(H,18,19). The first kappa shape index (κ1) is 15.7. The van der Waals surface area contributed by atoms with Crippen LogP contribution in [0.5, 0.6) is 0 Å². The first-order valence-corrected chi connectivity index (χ1v) is 6.96. The molecule has 3 heteroatoms. The lowest BCUT2D eigenvalue weighted by molar-refractivity contribution is 0.0697. The molecule has 0 aliphatic carbocycles. The summed E-state index contributed by atoms with van der Waals surface area (Å²) >= 11 is 0. The van der Waals surface area contributed by atoms with Crippen LogP contribution in [0.1, 0.15) is 61.9 Å². The van der Waals surface area contributed by atoms with Gasteiger partial charge in [0.1, 0.15) is 5.67 Å². The highest BCUT2D eigenvalue weighted by Crippen LogP contribution is 2.24. The SMILES string of the molecule is CCCCCCC(C)(F)Cc1ccc(C(=O)O)cc1. The number of carbonyl (C=O) groups is 1. The van der Waals surface area contributed by atoms with E-state index in [2.05, 4.69) is 6.92 Å². The van der Waals surface area contributed by atoms with Gasteiger partial charge in [0.2, 0.25) is 0 Å². The van der Waals surface area contributed by atoms with Crippen LogP contribution in [0.3, 0.4) is 0 Å². The van der Waals surface area contributed by atoms with Crippen LogP contribution in [-0.4, -0.2) is 16.7 Å². The van der Waals surface area contributed by atoms with E-state index in [4.69, 9.17) is 5.11 Å². The minimum absolute atomic E-state index is 0.243. The van der Waals surface area contributed by atoms with Gasteiger partial charge in [0, 0.05) is 6.42 Å². The second-order valence-electron chi connectivity index (χ2n) is 5.40. The number of halogens is 1. The molecule has 2 nitrogen and oxygen atoms in total. The average molecular weight is 266 g/mol. The van der Waals surface area contributed by atoms with Crippen molar-refractivity contribution >= 4 is 5.97 Å². The molecule has 1 aromatic rings. The molecule has 1 N–H and O–H groups in total. The molecule has 0 fully saturated rings. The lowest BCUT2D eigenvalue weighted by Crippen LogP contribution is -2.21. The molecule has 0 amide bonds. The largest absolute Gasteiger partial charge is 0.478 e. The van der Waals surface area contributed by atoms with E-state index in [1.54, 1.807) is 19.1 Å². The fourth-order valence-electron chi connectivity index (χ4n) is 2.20. The smallest absolute Gasteiger partial charge is 0.335 e. The highest BCUT2D eigenvalue weighted by molar-refractivity contribution is 5.87. The maximum atomic E-state index is 14.3. The van der Waals surface area contributed by atoms with E-state index < -0.39 is 11.6 Å². The molecule has 0 radical (unpaired) electrons. The third-order valence-corrected chi connectivity index (χ3v) is 3.33. The molecular formula is C16H23FO2. The second-order valence-corrected chi connectivity index (χ2v) is 5.40. The van der Waals surface area contributed by atoms with E-state index in [9.17, 15) is 9.18 Å². The summed E-state index contributed by atoms with van der Waals surface area (Å²) in [5.74, 6) is -0.950. The zero-order valence-electron chi connectivity index (χ0n) is 11.8. The average Bonchev–Trinajstić information content (AvgIpc) is 2.35. The lowest BCUT2D eigenvalue weighted by Gasteiger charge is -2.20. The lowest BCUT2D eigenvalue weighted by atomic mass is 9.92. The Morgan fingerprint density at radius 1 is 1.21 bits per heavy atom. The van der Waals surface area contributed by atoms with Gasteiger partial charge in [0.25, 0.3) is 0 Å². The molecule has 1 atom stereocenters. The minimum Gasteiger partial charge on any atom is -0.478 e. The Hall–Kier alpha value is -1.38. The highest BCUT2D eigenvalue weighted by Gasteiger charge is 2.23. The number of unbranched alkanes of at least 4 members (excludes halogenated alkanes) is 3. The Bertz CT molecular complexity index is 396. The van der Waals surface area contributed by atoms with Crippen LogP contribution >= 0.6 is 0 Å². The van der Waals surface area contributed by atoms with Gasteiger partial charge in [0.05, 0.1) is 5.56 Å². The molecule has 19 heavy (non-hydrogen) atoms. The van der Waals surface area contributed by atoms with Crippen LogP contribution < -0.4 is 0 Å². The van der Waals surface area contributed by atoms with Gasteiger partial charge in [0.15, 0.2) is 0 Å². The number of aromatic carboxylic acids is 1. The van der Waals surface area contributed by atoms with Crippen molar-refractivity contribution in [3.63, 3.8) is 0 Å². The summed E-state index contributed by atoms with van der Waals surface area (Å²) < 4.78 is 14.3. The monoisotopic (exact) mass is 266 g/mol. The van der Waals surface area contributed by atoms with Crippen molar-refractivity contribution < 1.29 is 14.3 Å². The van der Waals surface area contributed by atoms with Gasteiger partial charge in [-0.2, -0.15) is 0 Å². The maximum Gasteiger partial charge on any atom is 0.335 e. The Morgan fingerprint density at radius 2 is 1.84 bits per heavy atom. The van der Waals surface area contributed by atoms with Gasteiger partial charge in [-0.25, -0.2) is 9.18 Å². The van der Waals surface area contributed by atoms with Crippen LogP contribution in [0.2, 0.25) is 0 Å². The third-order valence-electron chi connectivity index (χ3n) is 3.33. The Labute approximate surface area is 114 Å². The van der Waals surface area contributed by atoms with Crippen LogP contribution in [0.15, 0.2) is 24.3 Å². The predicted molar refractivity (Wildman–Crippen MR) is 75.4 cm³/mol. The number of carboxylic acids is 1. The predicted octanol–water partition coefficient (Wildman–Crippen LogP) is 4.63. The summed E-state index contributed by atoms with van der Waals surface area (Å²) in [6.45, 7) is 3.77. The zero-order valence-corrected chi connectivity index (χ0v) is 11.8. The molecule has 0 heterocycles. The maximum absolute atomic E-state index is 14.3. The summed E-state index contributed by atoms with van der Waals surface area (Å²) in [7, 11) is 0. The van der Waals surface area contributed by atoms with Gasteiger partial charge < -0.3 is 5.11 Å². The van der Waals surface area contributed by atoms with Gasteiger partial charge in [-0.05, 0) is 31.0 Å². The summed E-state index contributed by atoms with van der Waals surface area (Å²) in [4.78, 5) is 10.7. The van der Waals surface area contributed by atoms with Gasteiger partial charge in [-0.15, -0.1) is 0 Å². The van der Waals surface area contributed by atoms with E-state index >= 15 is 0 Å². The van der Waals surface area contributed by atoms with E-state index in [0.29, 0.717) is 12.8 Å². The summed E-state index contributed by atoms with van der Waals surface area (Å²) in [6, 6.07) is 6.47. The van der Waals surface area contributed by atoms with Crippen molar-refractivity contribution in [1.29, 1.82) is 0 Å². The molecule has 1 aromatic carbocycles. The molecule has 0 aliphatic rings. The normalized spacial score (nSPS) is 14.1. The summed E-state index contributed by atoms with van der Waals surface area (Å²) in [5, 5.41) is 8.80. The van der Waals surface area contributed by atoms with Crippen molar-refractivity contribution in [2.45, 2.75) is 58.0 Å². The number of benzene rings is 1. The molecule has 0 spiro atoms. The molecule has 0 bridgehead atoms. The van der Waals surface area contributed by atoms with Crippen molar-refractivity contribution in [2.75, 3.05) is 0 Å². The first-order chi connectivity index (χ1) is 8.94. The molecule has 0 saturated carbocycles. The fourth-order valence-corrected chi connectivity index (χ4v) is 2.20. The Kier molecular flexibility index (Phi) is 6.00. The van der Waals surface area contributed by atoms with Crippen LogP contribution in [-0.2, 0) is 6.42 Å². The third kappa shape index (κ3) is 5.86. The fraction of sp³-hybridized carbons (Fsp3) is 0.562. The van der Waals surface area contributed by atoms with E-state index in [1.165, 1.54) is 12.1 Å². The van der Waals surface area contributed by atoms with E-state index in [-0.39, 0.29) is 5.56 Å². The Balaban J connectivity index is 2.50. The Morgan fingerprint density at radius 3 is 2.37 bits per heavy atom. The van der Waals surface area contributed by atoms with E-state index in [0.717, 1.165) is 31.2 Å². The molecule has 0 aromatic heterocycles. The van der Waals surface area contributed by atoms with Crippen LogP contribution in [0.25, 0.3) is 0 Å². The van der Waals surface area contributed by atoms with Crippen molar-refractivity contribution in [1.82, 2.24) is 0 Å². The number of alkyl halides is 1. The van der Waals surface area contributed by atoms with Crippen molar-refractivity contribution in [3.05, 3.63) is 35.4 Å². The van der Waals surface area contributed by atoms with Crippen molar-refractivity contribution in [3.8, 4) is 0 Å². The van der Waals surface area contributed by atoms with Gasteiger partial charge in [-0.3, -0.25) is 0 Å². The number of hydrogen-bond donors (Lipinski definition) is 1. The quantitative estimate of drug-likeness (QED) is 0.697. The van der Waals surface area contributed by atoms with Crippen LogP contribution in [0, 0.1) is 0 Å². The molecule has 1 unspecified atom stereocenters. The molecular weight excluding hydrogens is 243 g/mol. The number of rotatable bonds is 8. The molecule has 0 aliphatic heterocycles. The van der Waals surface area contributed by atoms with Crippen LogP contribution in [0.4, 0.5) is 4.39 Å². The highest BCUT2D eigenvalue weighted by atomic mass is 19.1. The number of carboxylic acid groups (broad SMARTS) is 1. The second kappa shape index (κ2) is 7.27. The molecule has 106 valence electrons. The van der Waals surface area contributed by atoms with Gasteiger partial charge >= 0.3 is 5.97 Å². The van der Waals surface area contributed by atoms with Gasteiger partial charge in [-0.1, -0.05) is 44.7 Å². The first-order valence-electron chi connectivity index (χ1n) is 6.96. The van der Waals surface area contributed by atoms with E-state index in [1.807, 2.05) is 0 Å². The number of hydrogen-bond acceptors (Lipinski definition) is 1. The molecule has 0 saturated heterocycles. The van der Waals surface area contributed by atoms with Crippen molar-refractivity contribution in [2.24, 2.45) is 0 Å².